The average Bonchev–Trinajstić information content (AvgIpc) is 2.41. The molecule has 0 aliphatic carbocycles. The second-order valence-corrected chi connectivity index (χ2v) is 5.07. The van der Waals surface area contributed by atoms with Crippen molar-refractivity contribution in [2.24, 2.45) is 0 Å². The number of aromatic nitrogens is 1. The lowest BCUT2D eigenvalue weighted by Gasteiger charge is -2.14. The molecule has 7 heteroatoms. The van der Waals surface area contributed by atoms with Crippen molar-refractivity contribution in [3.05, 3.63) is 18.3 Å². The third-order valence-electron chi connectivity index (χ3n) is 2.26. The Morgan fingerprint density at radius 1 is 1.55 bits per heavy atom. The van der Waals surface area contributed by atoms with Crippen LogP contribution in [0.3, 0.4) is 0 Å². The summed E-state index contributed by atoms with van der Waals surface area (Å²) in [4.78, 5) is 26.2. The fraction of sp³-hybridized carbons (Fsp3) is 0.462. The Morgan fingerprint density at radius 2 is 2.30 bits per heavy atom. The lowest BCUT2D eigenvalue weighted by atomic mass is 10.3. The Hall–Kier alpha value is -1.76. The molecular weight excluding hydrogens is 280 g/mol. The number of carbonyl (C=O) groups excluding carboxylic acids is 1. The molecule has 0 spiro atoms. The Bertz CT molecular complexity index is 467. The predicted molar refractivity (Wildman–Crippen MR) is 76.0 cm³/mol. The number of carbonyl (C=O) groups is 2. The van der Waals surface area contributed by atoms with Gasteiger partial charge in [0.25, 0.3) is 0 Å². The number of rotatable bonds is 8. The summed E-state index contributed by atoms with van der Waals surface area (Å²) < 4.78 is 5.54. The Kier molecular flexibility index (Phi) is 6.86. The first-order chi connectivity index (χ1) is 9.54. The second-order valence-electron chi connectivity index (χ2n) is 4.06. The van der Waals surface area contributed by atoms with Crippen LogP contribution in [-0.2, 0) is 9.59 Å². The minimum absolute atomic E-state index is 0.189. The summed E-state index contributed by atoms with van der Waals surface area (Å²) >= 11 is 1.24. The third-order valence-corrected chi connectivity index (χ3v) is 3.34. The van der Waals surface area contributed by atoms with E-state index in [0.717, 1.165) is 6.42 Å². The molecule has 1 aromatic rings. The summed E-state index contributed by atoms with van der Waals surface area (Å²) in [7, 11) is 0. The molecule has 6 nitrogen and oxygen atoms in total. The average molecular weight is 298 g/mol. The number of pyridine rings is 1. The van der Waals surface area contributed by atoms with E-state index in [2.05, 4.69) is 10.3 Å². The van der Waals surface area contributed by atoms with Gasteiger partial charge in [0.1, 0.15) is 11.1 Å². The zero-order valence-corrected chi connectivity index (χ0v) is 12.3. The van der Waals surface area contributed by atoms with E-state index >= 15 is 0 Å². The number of amides is 1. The van der Waals surface area contributed by atoms with Crippen LogP contribution in [0.2, 0.25) is 0 Å². The van der Waals surface area contributed by atoms with Crippen molar-refractivity contribution in [1.82, 2.24) is 10.3 Å². The molecule has 1 aromatic heterocycles. The fourth-order valence-electron chi connectivity index (χ4n) is 1.39. The smallest absolute Gasteiger partial charge is 0.327 e. The summed E-state index contributed by atoms with van der Waals surface area (Å²) in [5.41, 5.74) is 0. The predicted octanol–water partition coefficient (Wildman–Crippen LogP) is 1.55. The van der Waals surface area contributed by atoms with Gasteiger partial charge in [-0.1, -0.05) is 18.7 Å². The highest BCUT2D eigenvalue weighted by Crippen LogP contribution is 2.27. The maximum absolute atomic E-state index is 11.0. The van der Waals surface area contributed by atoms with Crippen molar-refractivity contribution >= 4 is 23.6 Å². The summed E-state index contributed by atoms with van der Waals surface area (Å²) in [5.74, 6) is -0.624. The van der Waals surface area contributed by atoms with E-state index in [1.165, 1.54) is 18.7 Å². The van der Waals surface area contributed by atoms with Crippen LogP contribution in [-0.4, -0.2) is 40.4 Å². The van der Waals surface area contributed by atoms with E-state index in [4.69, 9.17) is 9.84 Å². The molecule has 110 valence electrons. The van der Waals surface area contributed by atoms with Gasteiger partial charge >= 0.3 is 5.97 Å². The van der Waals surface area contributed by atoms with Gasteiger partial charge in [-0.3, -0.25) is 4.79 Å². The topological polar surface area (TPSA) is 88.5 Å². The molecule has 0 saturated heterocycles. The van der Waals surface area contributed by atoms with Crippen molar-refractivity contribution in [1.29, 1.82) is 0 Å². The molecule has 0 aliphatic rings. The van der Waals surface area contributed by atoms with Gasteiger partial charge < -0.3 is 15.2 Å². The van der Waals surface area contributed by atoms with Gasteiger partial charge in [0, 0.05) is 18.9 Å². The molecule has 20 heavy (non-hydrogen) atoms. The van der Waals surface area contributed by atoms with Crippen molar-refractivity contribution in [3.63, 3.8) is 0 Å². The number of nitrogens with zero attached hydrogens (tertiary/aromatic N) is 1. The molecule has 0 fully saturated rings. The highest BCUT2D eigenvalue weighted by Gasteiger charge is 2.19. The Labute approximate surface area is 121 Å². The quantitative estimate of drug-likeness (QED) is 0.708. The highest BCUT2D eigenvalue weighted by molar-refractivity contribution is 7.99. The van der Waals surface area contributed by atoms with Gasteiger partial charge in [0.05, 0.1) is 6.61 Å². The highest BCUT2D eigenvalue weighted by atomic mass is 32.2. The van der Waals surface area contributed by atoms with Gasteiger partial charge in [0.2, 0.25) is 5.91 Å². The minimum Gasteiger partial charge on any atom is -0.491 e. The molecule has 0 saturated carbocycles. The maximum atomic E-state index is 11.0. The van der Waals surface area contributed by atoms with Crippen LogP contribution in [0.4, 0.5) is 0 Å². The van der Waals surface area contributed by atoms with E-state index in [1.54, 1.807) is 18.3 Å². The molecule has 0 unspecified atom stereocenters. The third kappa shape index (κ3) is 5.48. The van der Waals surface area contributed by atoms with Crippen LogP contribution < -0.4 is 10.1 Å². The van der Waals surface area contributed by atoms with Crippen LogP contribution in [0, 0.1) is 0 Å². The van der Waals surface area contributed by atoms with Crippen LogP contribution >= 0.6 is 11.8 Å². The van der Waals surface area contributed by atoms with E-state index in [9.17, 15) is 9.59 Å². The second kappa shape index (κ2) is 8.42. The van der Waals surface area contributed by atoms with Crippen molar-refractivity contribution in [2.75, 3.05) is 12.4 Å². The summed E-state index contributed by atoms with van der Waals surface area (Å²) in [6, 6.07) is 2.61. The minimum atomic E-state index is -1.07. The van der Waals surface area contributed by atoms with Gasteiger partial charge in [-0.15, -0.1) is 0 Å². The first-order valence-electron chi connectivity index (χ1n) is 6.25. The number of carboxylic acid groups (broad SMARTS) is 1. The van der Waals surface area contributed by atoms with Crippen molar-refractivity contribution in [3.8, 4) is 5.75 Å². The molecular formula is C13H18N2O4S. The van der Waals surface area contributed by atoms with E-state index in [0.29, 0.717) is 17.4 Å². The fourth-order valence-corrected chi connectivity index (χ4v) is 2.34. The lowest BCUT2D eigenvalue weighted by Crippen LogP contribution is -2.41. The Balaban J connectivity index is 2.67. The van der Waals surface area contributed by atoms with Crippen LogP contribution in [0.1, 0.15) is 20.3 Å². The SMILES string of the molecule is CCCOc1cccnc1SC[C@H](NC(C)=O)C(=O)O. The molecule has 0 aromatic carbocycles. The number of aliphatic carboxylic acids is 1. The standard InChI is InChI=1S/C13H18N2O4S/c1-3-7-19-11-5-4-6-14-12(11)20-8-10(13(17)18)15-9(2)16/h4-6,10H,3,7-8H2,1-2H3,(H,15,16)(H,17,18)/t10-/m0/s1. The maximum Gasteiger partial charge on any atom is 0.327 e. The van der Waals surface area contributed by atoms with E-state index in [-0.39, 0.29) is 11.7 Å². The van der Waals surface area contributed by atoms with Crippen molar-refractivity contribution < 1.29 is 19.4 Å². The molecule has 0 radical (unpaired) electrons. The molecule has 1 heterocycles. The van der Waals surface area contributed by atoms with Gasteiger partial charge in [-0.2, -0.15) is 0 Å². The molecule has 1 amide bonds. The zero-order valence-electron chi connectivity index (χ0n) is 11.5. The van der Waals surface area contributed by atoms with Gasteiger partial charge in [-0.05, 0) is 18.6 Å². The summed E-state index contributed by atoms with van der Waals surface area (Å²) in [6.45, 7) is 3.87. The number of ether oxygens (including phenoxy) is 1. The molecule has 1 rings (SSSR count). The first kappa shape index (κ1) is 16.3. The summed E-state index contributed by atoms with van der Waals surface area (Å²) in [5, 5.41) is 12.0. The molecule has 1 atom stereocenters. The van der Waals surface area contributed by atoms with Crippen LogP contribution in [0.15, 0.2) is 23.4 Å². The van der Waals surface area contributed by atoms with Crippen LogP contribution in [0.25, 0.3) is 0 Å². The van der Waals surface area contributed by atoms with Crippen LogP contribution in [0.5, 0.6) is 5.75 Å². The number of hydrogen-bond donors (Lipinski definition) is 2. The summed E-state index contributed by atoms with van der Waals surface area (Å²) in [6.07, 6.45) is 2.50. The number of thioether (sulfide) groups is 1. The first-order valence-corrected chi connectivity index (χ1v) is 7.23. The number of carboxylic acids is 1. The van der Waals surface area contributed by atoms with E-state index in [1.807, 2.05) is 6.92 Å². The normalized spacial score (nSPS) is 11.7. The van der Waals surface area contributed by atoms with E-state index < -0.39 is 12.0 Å². The monoisotopic (exact) mass is 298 g/mol. The van der Waals surface area contributed by atoms with Gasteiger partial charge in [-0.25, -0.2) is 9.78 Å². The molecule has 0 bridgehead atoms. The zero-order chi connectivity index (χ0) is 15.0. The van der Waals surface area contributed by atoms with Crippen molar-refractivity contribution in [2.45, 2.75) is 31.3 Å². The number of hydrogen-bond acceptors (Lipinski definition) is 5. The largest absolute Gasteiger partial charge is 0.491 e. The lowest BCUT2D eigenvalue weighted by molar-refractivity contribution is -0.140. The molecule has 2 N–H and O–H groups in total. The van der Waals surface area contributed by atoms with Gasteiger partial charge in [0.15, 0.2) is 5.75 Å². The Morgan fingerprint density at radius 3 is 2.90 bits per heavy atom. The molecule has 0 aliphatic heterocycles. The number of nitrogens with one attached hydrogen (secondary N) is 1.